The van der Waals surface area contributed by atoms with Crippen LogP contribution in [0.3, 0.4) is 0 Å². The van der Waals surface area contributed by atoms with E-state index in [1.807, 2.05) is 0 Å². The Balaban J connectivity index is 1.69. The van der Waals surface area contributed by atoms with Gasteiger partial charge in [-0.3, -0.25) is 9.36 Å². The first-order valence-corrected chi connectivity index (χ1v) is 12.0. The van der Waals surface area contributed by atoms with E-state index in [9.17, 15) is 4.79 Å². The Morgan fingerprint density at radius 1 is 1.19 bits per heavy atom. The number of carbonyl (C=O) groups excluding carboxylic acids is 1. The number of anilines is 1. The fourth-order valence-electron chi connectivity index (χ4n) is 3.93. The molecule has 2 fully saturated rings. The Kier molecular flexibility index (Phi) is 8.98. The molecule has 10 heteroatoms. The summed E-state index contributed by atoms with van der Waals surface area (Å²) in [6.07, 6.45) is 5.03. The van der Waals surface area contributed by atoms with E-state index in [0.29, 0.717) is 19.6 Å². The lowest BCUT2D eigenvalue weighted by molar-refractivity contribution is -0.128. The van der Waals surface area contributed by atoms with Gasteiger partial charge < -0.3 is 14.5 Å². The number of nitriles is 2. The van der Waals surface area contributed by atoms with Crippen LogP contribution in [0.1, 0.15) is 45.4 Å². The van der Waals surface area contributed by atoms with Gasteiger partial charge in [0.1, 0.15) is 0 Å². The highest BCUT2D eigenvalue weighted by molar-refractivity contribution is 7.99. The number of piperidine rings is 1. The molecule has 1 aromatic rings. The van der Waals surface area contributed by atoms with Crippen molar-refractivity contribution >= 4 is 23.6 Å². The van der Waals surface area contributed by atoms with Crippen molar-refractivity contribution in [3.8, 4) is 12.1 Å². The van der Waals surface area contributed by atoms with Crippen LogP contribution < -0.4 is 4.90 Å². The first-order chi connectivity index (χ1) is 15.1. The summed E-state index contributed by atoms with van der Waals surface area (Å²) in [5.41, 5.74) is 0. The quantitative estimate of drug-likeness (QED) is 0.505. The molecule has 3 heterocycles. The maximum absolute atomic E-state index is 12.7. The van der Waals surface area contributed by atoms with Crippen LogP contribution in [-0.2, 0) is 16.1 Å². The fraction of sp³-hybridized carbons (Fsp3) is 0.762. The van der Waals surface area contributed by atoms with Gasteiger partial charge in [0.2, 0.25) is 11.9 Å². The third kappa shape index (κ3) is 6.59. The minimum absolute atomic E-state index is 0.0875. The van der Waals surface area contributed by atoms with Crippen LogP contribution in [0.5, 0.6) is 0 Å². The second-order valence-electron chi connectivity index (χ2n) is 8.18. The van der Waals surface area contributed by atoms with Crippen molar-refractivity contribution < 1.29 is 9.53 Å². The minimum atomic E-state index is -0.0875. The SMILES string of the molecule is CC1CCN(c2nnc(SCC(=O)N(CCC#N)CCC#N)n2CC2CCCO2)CC1. The van der Waals surface area contributed by atoms with Crippen molar-refractivity contribution in [2.75, 3.05) is 43.4 Å². The summed E-state index contributed by atoms with van der Waals surface area (Å²) in [6, 6.07) is 4.13. The highest BCUT2D eigenvalue weighted by Gasteiger charge is 2.26. The zero-order chi connectivity index (χ0) is 22.1. The van der Waals surface area contributed by atoms with E-state index in [0.717, 1.165) is 62.4 Å². The largest absolute Gasteiger partial charge is 0.376 e. The van der Waals surface area contributed by atoms with Gasteiger partial charge >= 0.3 is 0 Å². The molecule has 0 bridgehead atoms. The Labute approximate surface area is 188 Å². The fourth-order valence-corrected chi connectivity index (χ4v) is 4.78. The number of hydrogen-bond donors (Lipinski definition) is 0. The van der Waals surface area contributed by atoms with Gasteiger partial charge in [0.15, 0.2) is 5.16 Å². The molecule has 2 aliphatic heterocycles. The standard InChI is InChI=1S/C21H31N7O2S/c1-17-6-12-27(13-7-17)20-24-25-21(28(20)15-18-5-2-14-30-18)31-16-19(29)26(10-3-8-22)11-4-9-23/h17-18H,2-7,10-16H2,1H3. The Hall–Kier alpha value is -2.30. The Bertz CT molecular complexity index is 784. The lowest BCUT2D eigenvalue weighted by Gasteiger charge is -2.31. The summed E-state index contributed by atoms with van der Waals surface area (Å²) >= 11 is 1.37. The second-order valence-corrected chi connectivity index (χ2v) is 9.13. The summed E-state index contributed by atoms with van der Waals surface area (Å²) in [6.45, 7) is 6.38. The molecule has 0 spiro atoms. The van der Waals surface area contributed by atoms with Crippen LogP contribution in [-0.4, -0.2) is 70.2 Å². The summed E-state index contributed by atoms with van der Waals surface area (Å²) in [5, 5.41) is 27.3. The summed E-state index contributed by atoms with van der Waals surface area (Å²) in [7, 11) is 0. The number of hydrogen-bond acceptors (Lipinski definition) is 8. The molecule has 168 valence electrons. The average Bonchev–Trinajstić information content (AvgIpc) is 3.43. The van der Waals surface area contributed by atoms with E-state index in [2.05, 4.69) is 38.7 Å². The number of ether oxygens (including phenoxy) is 1. The average molecular weight is 446 g/mol. The maximum atomic E-state index is 12.7. The molecule has 3 rings (SSSR count). The lowest BCUT2D eigenvalue weighted by atomic mass is 10.00. The topological polar surface area (TPSA) is 111 Å². The van der Waals surface area contributed by atoms with Crippen LogP contribution in [0, 0.1) is 28.6 Å². The van der Waals surface area contributed by atoms with Gasteiger partial charge in [-0.25, -0.2) is 0 Å². The Morgan fingerprint density at radius 2 is 1.90 bits per heavy atom. The molecular weight excluding hydrogens is 414 g/mol. The smallest absolute Gasteiger partial charge is 0.233 e. The van der Waals surface area contributed by atoms with Gasteiger partial charge in [-0.05, 0) is 31.6 Å². The third-order valence-corrected chi connectivity index (χ3v) is 6.79. The minimum Gasteiger partial charge on any atom is -0.376 e. The van der Waals surface area contributed by atoms with Crippen molar-refractivity contribution in [3.05, 3.63) is 0 Å². The van der Waals surface area contributed by atoms with E-state index >= 15 is 0 Å². The molecule has 31 heavy (non-hydrogen) atoms. The van der Waals surface area contributed by atoms with Crippen molar-refractivity contribution in [2.24, 2.45) is 5.92 Å². The number of amides is 1. The number of nitrogens with zero attached hydrogens (tertiary/aromatic N) is 7. The predicted octanol–water partition coefficient (Wildman–Crippen LogP) is 2.44. The number of aromatic nitrogens is 3. The highest BCUT2D eigenvalue weighted by Crippen LogP contribution is 2.28. The summed E-state index contributed by atoms with van der Waals surface area (Å²) in [5.74, 6) is 1.71. The number of rotatable bonds is 10. The van der Waals surface area contributed by atoms with Gasteiger partial charge in [-0.1, -0.05) is 18.7 Å². The molecule has 1 atom stereocenters. The third-order valence-electron chi connectivity index (χ3n) is 5.84. The zero-order valence-corrected chi connectivity index (χ0v) is 19.0. The molecule has 1 aromatic heterocycles. The molecule has 1 amide bonds. The maximum Gasteiger partial charge on any atom is 0.233 e. The van der Waals surface area contributed by atoms with Crippen LogP contribution in [0.15, 0.2) is 5.16 Å². The van der Waals surface area contributed by atoms with Crippen molar-refractivity contribution in [1.82, 2.24) is 19.7 Å². The number of carbonyl (C=O) groups is 1. The van der Waals surface area contributed by atoms with E-state index < -0.39 is 0 Å². The molecule has 2 aliphatic rings. The van der Waals surface area contributed by atoms with E-state index in [4.69, 9.17) is 15.3 Å². The predicted molar refractivity (Wildman–Crippen MR) is 117 cm³/mol. The lowest BCUT2D eigenvalue weighted by Crippen LogP contribution is -2.35. The molecule has 0 N–H and O–H groups in total. The van der Waals surface area contributed by atoms with Crippen LogP contribution in [0.2, 0.25) is 0 Å². The summed E-state index contributed by atoms with van der Waals surface area (Å²) in [4.78, 5) is 16.6. The Morgan fingerprint density at radius 3 is 2.52 bits per heavy atom. The van der Waals surface area contributed by atoms with Crippen molar-refractivity contribution in [2.45, 2.75) is 63.3 Å². The van der Waals surface area contributed by atoms with Crippen LogP contribution in [0.25, 0.3) is 0 Å². The number of thioether (sulfide) groups is 1. The second kappa shape index (κ2) is 11.9. The van der Waals surface area contributed by atoms with Crippen LogP contribution in [0.4, 0.5) is 5.95 Å². The normalized spacial score (nSPS) is 19.2. The first-order valence-electron chi connectivity index (χ1n) is 11.1. The molecule has 0 aliphatic carbocycles. The molecule has 0 aromatic carbocycles. The van der Waals surface area contributed by atoms with Gasteiger partial charge in [0, 0.05) is 32.8 Å². The molecule has 0 saturated carbocycles. The first kappa shape index (κ1) is 23.4. The van der Waals surface area contributed by atoms with Gasteiger partial charge in [-0.2, -0.15) is 10.5 Å². The van der Waals surface area contributed by atoms with Crippen LogP contribution >= 0.6 is 11.8 Å². The van der Waals surface area contributed by atoms with Gasteiger partial charge in [0.05, 0.1) is 43.4 Å². The zero-order valence-electron chi connectivity index (χ0n) is 18.2. The van der Waals surface area contributed by atoms with Gasteiger partial charge in [-0.15, -0.1) is 10.2 Å². The molecule has 0 radical (unpaired) electrons. The van der Waals surface area contributed by atoms with Gasteiger partial charge in [0.25, 0.3) is 0 Å². The molecule has 1 unspecified atom stereocenters. The van der Waals surface area contributed by atoms with E-state index in [-0.39, 0.29) is 30.6 Å². The highest BCUT2D eigenvalue weighted by atomic mass is 32.2. The monoisotopic (exact) mass is 445 g/mol. The van der Waals surface area contributed by atoms with Crippen molar-refractivity contribution in [1.29, 1.82) is 10.5 Å². The molecular formula is C21H31N7O2S. The molecule has 9 nitrogen and oxygen atoms in total. The molecule has 2 saturated heterocycles. The van der Waals surface area contributed by atoms with Crippen molar-refractivity contribution in [3.63, 3.8) is 0 Å². The van der Waals surface area contributed by atoms with E-state index in [1.165, 1.54) is 11.8 Å². The summed E-state index contributed by atoms with van der Waals surface area (Å²) < 4.78 is 7.96. The van der Waals surface area contributed by atoms with E-state index in [1.54, 1.807) is 4.90 Å².